The number of hydrogen-bond acceptors (Lipinski definition) is 2. The Morgan fingerprint density at radius 2 is 1.67 bits per heavy atom. The molecule has 0 spiro atoms. The number of carboxylic acids is 1. The number of urea groups is 1. The molecule has 1 fully saturated rings. The van der Waals surface area contributed by atoms with E-state index in [-0.39, 0.29) is 6.03 Å². The lowest BCUT2D eigenvalue weighted by Crippen LogP contribution is -2.48. The second-order valence-corrected chi connectivity index (χ2v) is 5.73. The molecule has 1 unspecified atom stereocenters. The van der Waals surface area contributed by atoms with Gasteiger partial charge >= 0.3 is 12.0 Å². The number of fused-ring (bicyclic) bond motifs is 1. The van der Waals surface area contributed by atoms with Gasteiger partial charge in [0.15, 0.2) is 0 Å². The lowest BCUT2D eigenvalue weighted by Gasteiger charge is -2.29. The summed E-state index contributed by atoms with van der Waals surface area (Å²) in [7, 11) is 0. The molecule has 2 amide bonds. The normalized spacial score (nSPS) is 21.8. The maximum atomic E-state index is 12.6. The summed E-state index contributed by atoms with van der Waals surface area (Å²) in [6.07, 6.45) is 3.02. The van der Waals surface area contributed by atoms with Crippen molar-refractivity contribution in [3.8, 4) is 0 Å². The predicted molar refractivity (Wildman–Crippen MR) is 78.2 cm³/mol. The van der Waals surface area contributed by atoms with Gasteiger partial charge in [0.05, 0.1) is 0 Å². The quantitative estimate of drug-likeness (QED) is 0.856. The van der Waals surface area contributed by atoms with Crippen LogP contribution in [-0.4, -0.2) is 52.6 Å². The number of aliphatic carboxylic acids is 1. The van der Waals surface area contributed by atoms with Gasteiger partial charge in [0.25, 0.3) is 0 Å². The second-order valence-electron chi connectivity index (χ2n) is 5.73. The molecule has 5 nitrogen and oxygen atoms in total. The number of benzene rings is 1. The first-order valence-corrected chi connectivity index (χ1v) is 7.52. The summed E-state index contributed by atoms with van der Waals surface area (Å²) < 4.78 is 0. The van der Waals surface area contributed by atoms with E-state index in [4.69, 9.17) is 0 Å². The lowest BCUT2D eigenvalue weighted by atomic mass is 10.0. The summed E-state index contributed by atoms with van der Waals surface area (Å²) in [6.45, 7) is 1.89. The smallest absolute Gasteiger partial charge is 0.326 e. The average molecular weight is 288 g/mol. The van der Waals surface area contributed by atoms with Gasteiger partial charge in [-0.3, -0.25) is 0 Å². The first-order chi connectivity index (χ1) is 10.2. The molecular formula is C16H20N2O3. The van der Waals surface area contributed by atoms with Crippen molar-refractivity contribution in [1.29, 1.82) is 0 Å². The second kappa shape index (κ2) is 5.76. The number of carbonyl (C=O) groups is 2. The lowest BCUT2D eigenvalue weighted by molar-refractivity contribution is -0.141. The Morgan fingerprint density at radius 3 is 2.24 bits per heavy atom. The van der Waals surface area contributed by atoms with Crippen LogP contribution in [0.3, 0.4) is 0 Å². The van der Waals surface area contributed by atoms with Crippen LogP contribution >= 0.6 is 0 Å². The van der Waals surface area contributed by atoms with E-state index in [2.05, 4.69) is 12.1 Å². The molecule has 0 radical (unpaired) electrons. The van der Waals surface area contributed by atoms with Crippen LogP contribution in [0.15, 0.2) is 24.3 Å². The third kappa shape index (κ3) is 2.73. The van der Waals surface area contributed by atoms with Gasteiger partial charge in [0.1, 0.15) is 6.04 Å². The Kier molecular flexibility index (Phi) is 3.82. The van der Waals surface area contributed by atoms with Gasteiger partial charge in [-0.1, -0.05) is 24.3 Å². The monoisotopic (exact) mass is 288 g/mol. The number of carboxylic acid groups (broad SMARTS) is 1. The minimum absolute atomic E-state index is 0.118. The zero-order valence-electron chi connectivity index (χ0n) is 12.0. The van der Waals surface area contributed by atoms with Crippen molar-refractivity contribution in [2.45, 2.75) is 31.7 Å². The summed E-state index contributed by atoms with van der Waals surface area (Å²) in [5.74, 6) is -0.890. The molecular weight excluding hydrogens is 268 g/mol. The van der Waals surface area contributed by atoms with Crippen LogP contribution < -0.4 is 0 Å². The van der Waals surface area contributed by atoms with E-state index in [1.165, 1.54) is 16.0 Å². The molecule has 2 heterocycles. The summed E-state index contributed by atoms with van der Waals surface area (Å²) >= 11 is 0. The van der Waals surface area contributed by atoms with Crippen LogP contribution in [-0.2, 0) is 17.6 Å². The Morgan fingerprint density at radius 1 is 1.05 bits per heavy atom. The third-order valence-electron chi connectivity index (χ3n) is 4.47. The zero-order chi connectivity index (χ0) is 14.8. The van der Waals surface area contributed by atoms with Crippen LogP contribution in [0.2, 0.25) is 0 Å². The minimum Gasteiger partial charge on any atom is -0.480 e. The van der Waals surface area contributed by atoms with E-state index in [0.717, 1.165) is 19.3 Å². The van der Waals surface area contributed by atoms with Gasteiger partial charge in [-0.25, -0.2) is 9.59 Å². The zero-order valence-corrected chi connectivity index (χ0v) is 12.0. The minimum atomic E-state index is -0.890. The molecule has 1 N–H and O–H groups in total. The maximum absolute atomic E-state index is 12.6. The van der Waals surface area contributed by atoms with Crippen LogP contribution in [0.1, 0.15) is 24.0 Å². The van der Waals surface area contributed by atoms with Gasteiger partial charge in [0, 0.05) is 19.6 Å². The molecule has 1 aromatic carbocycles. The van der Waals surface area contributed by atoms with Crippen molar-refractivity contribution in [2.75, 3.05) is 19.6 Å². The number of nitrogens with zero attached hydrogens (tertiary/aromatic N) is 2. The van der Waals surface area contributed by atoms with Crippen molar-refractivity contribution in [3.05, 3.63) is 35.4 Å². The third-order valence-corrected chi connectivity index (χ3v) is 4.47. The van der Waals surface area contributed by atoms with Gasteiger partial charge < -0.3 is 14.9 Å². The Balaban J connectivity index is 1.71. The van der Waals surface area contributed by atoms with Crippen molar-refractivity contribution < 1.29 is 14.7 Å². The summed E-state index contributed by atoms with van der Waals surface area (Å²) in [5, 5.41) is 9.22. The van der Waals surface area contributed by atoms with Crippen LogP contribution in [0.25, 0.3) is 0 Å². The number of rotatable bonds is 1. The number of likely N-dealkylation sites (tertiary alicyclic amines) is 1. The fraction of sp³-hybridized carbons (Fsp3) is 0.500. The van der Waals surface area contributed by atoms with Gasteiger partial charge in [0.2, 0.25) is 0 Å². The molecule has 21 heavy (non-hydrogen) atoms. The van der Waals surface area contributed by atoms with Crippen molar-refractivity contribution >= 4 is 12.0 Å². The van der Waals surface area contributed by atoms with Crippen molar-refractivity contribution in [3.63, 3.8) is 0 Å². The Labute approximate surface area is 124 Å². The fourth-order valence-corrected chi connectivity index (χ4v) is 3.29. The first-order valence-electron chi connectivity index (χ1n) is 7.52. The van der Waals surface area contributed by atoms with E-state index >= 15 is 0 Å². The van der Waals surface area contributed by atoms with Crippen LogP contribution in [0.5, 0.6) is 0 Å². The molecule has 2 aliphatic rings. The molecule has 5 heteroatoms. The molecule has 0 aliphatic carbocycles. The van der Waals surface area contributed by atoms with E-state index in [0.29, 0.717) is 26.1 Å². The average Bonchev–Trinajstić information content (AvgIpc) is 2.88. The highest BCUT2D eigenvalue weighted by Crippen LogP contribution is 2.21. The van der Waals surface area contributed by atoms with Crippen molar-refractivity contribution in [2.24, 2.45) is 0 Å². The van der Waals surface area contributed by atoms with E-state index in [9.17, 15) is 14.7 Å². The molecule has 112 valence electrons. The SMILES string of the molecule is O=C(O)C1CCCN1C(=O)N1CCc2ccccc2CC1. The largest absolute Gasteiger partial charge is 0.480 e. The van der Waals surface area contributed by atoms with E-state index in [1.807, 2.05) is 12.1 Å². The van der Waals surface area contributed by atoms with Gasteiger partial charge in [-0.2, -0.15) is 0 Å². The highest BCUT2D eigenvalue weighted by atomic mass is 16.4. The molecule has 3 rings (SSSR count). The topological polar surface area (TPSA) is 60.9 Å². The molecule has 1 saturated heterocycles. The van der Waals surface area contributed by atoms with Crippen molar-refractivity contribution in [1.82, 2.24) is 9.80 Å². The predicted octanol–water partition coefficient (Wildman–Crippen LogP) is 1.76. The summed E-state index contributed by atoms with van der Waals surface area (Å²) in [5.41, 5.74) is 2.59. The maximum Gasteiger partial charge on any atom is 0.326 e. The number of hydrogen-bond donors (Lipinski definition) is 1. The molecule has 0 bridgehead atoms. The number of amides is 2. The Hall–Kier alpha value is -2.04. The van der Waals surface area contributed by atoms with Gasteiger partial charge in [-0.05, 0) is 36.8 Å². The van der Waals surface area contributed by atoms with Crippen LogP contribution in [0.4, 0.5) is 4.79 Å². The van der Waals surface area contributed by atoms with Gasteiger partial charge in [-0.15, -0.1) is 0 Å². The highest BCUT2D eigenvalue weighted by molar-refractivity contribution is 5.83. The summed E-state index contributed by atoms with van der Waals surface area (Å²) in [6, 6.07) is 7.50. The standard InChI is InChI=1S/C16H20N2O3/c19-15(20)14-6-3-9-18(14)16(21)17-10-7-12-4-1-2-5-13(12)8-11-17/h1-2,4-5,14H,3,6-11H2,(H,19,20). The first kappa shape index (κ1) is 13.9. The molecule has 2 aliphatic heterocycles. The highest BCUT2D eigenvalue weighted by Gasteiger charge is 2.36. The molecule has 0 saturated carbocycles. The Bertz CT molecular complexity index is 531. The van der Waals surface area contributed by atoms with Crippen LogP contribution in [0, 0.1) is 0 Å². The summed E-state index contributed by atoms with van der Waals surface area (Å²) in [4.78, 5) is 27.2. The molecule has 0 aromatic heterocycles. The molecule has 1 atom stereocenters. The fourth-order valence-electron chi connectivity index (χ4n) is 3.29. The molecule has 1 aromatic rings. The number of carbonyl (C=O) groups excluding carboxylic acids is 1. The van der Waals surface area contributed by atoms with E-state index < -0.39 is 12.0 Å². The van der Waals surface area contributed by atoms with E-state index in [1.54, 1.807) is 4.90 Å².